The van der Waals surface area contributed by atoms with Gasteiger partial charge in [-0.2, -0.15) is 0 Å². The summed E-state index contributed by atoms with van der Waals surface area (Å²) in [6.07, 6.45) is 0. The van der Waals surface area contributed by atoms with Crippen LogP contribution in [-0.4, -0.2) is 183 Å². The summed E-state index contributed by atoms with van der Waals surface area (Å²) in [7, 11) is -3.13. The van der Waals surface area contributed by atoms with Crippen LogP contribution in [0.5, 0.6) is 0 Å². The number of rotatable bonds is 0. The van der Waals surface area contributed by atoms with Gasteiger partial charge in [0.2, 0.25) is 0 Å². The first-order valence-electron chi connectivity index (χ1n) is 0.651. The van der Waals surface area contributed by atoms with Gasteiger partial charge >= 0.3 is 151 Å². The molecule has 10 heavy (non-hydrogen) atoms. The molecule has 0 bridgehead atoms. The van der Waals surface area contributed by atoms with Gasteiger partial charge in [-0.05, 0) is 0 Å². The standard InChI is InChI=1S/Al.Ca.K.Mg.Na.H2O3Si.H2O.9H/c;;;;;1-4(2)3;;;;;;;;;;/h;;;;;1-2H;1H2;;;;;;;;;. The Morgan fingerprint density at radius 1 is 1.20 bits per heavy atom. The quantitative estimate of drug-likeness (QED) is 0.423. The first kappa shape index (κ1) is 46.4. The van der Waals surface area contributed by atoms with E-state index < -0.39 is 9.17 Å². The van der Waals surface area contributed by atoms with Crippen molar-refractivity contribution in [2.24, 2.45) is 0 Å². The minimum absolute atomic E-state index is 0. The fraction of sp³-hybridized carbons (Fsp3) is 0. The second kappa shape index (κ2) is 37.2. The molecule has 0 aliphatic carbocycles. The van der Waals surface area contributed by atoms with Crippen LogP contribution in [0.2, 0.25) is 0 Å². The van der Waals surface area contributed by atoms with E-state index in [2.05, 4.69) is 0 Å². The van der Waals surface area contributed by atoms with Gasteiger partial charge in [-0.25, -0.2) is 0 Å². The Morgan fingerprint density at radius 2 is 1.20 bits per heavy atom. The number of hydrogen-bond donors (Lipinski definition) is 2. The molecule has 0 saturated carbocycles. The molecule has 0 aromatic heterocycles. The number of hydrogen-bond acceptors (Lipinski definition) is 1. The van der Waals surface area contributed by atoms with Crippen molar-refractivity contribution in [3.05, 3.63) is 0 Å². The predicted molar refractivity (Wildman–Crippen MR) is 55.8 cm³/mol. The van der Waals surface area contributed by atoms with Gasteiger partial charge < -0.3 is 15.1 Å². The van der Waals surface area contributed by atoms with E-state index >= 15 is 0 Å². The summed E-state index contributed by atoms with van der Waals surface area (Å²) >= 11 is 0. The SMILES string of the molecule is O.O=[Si](O)O.[AlH3].[CaH2].[KH].[MgH2].[NaH]. The molecule has 0 aromatic rings. The van der Waals surface area contributed by atoms with Crippen LogP contribution in [0.1, 0.15) is 0 Å². The molecule has 0 heterocycles. The first-order valence-corrected chi connectivity index (χ1v) is 1.95. The summed E-state index contributed by atoms with van der Waals surface area (Å²) in [6, 6.07) is 0. The Kier molecular flexibility index (Phi) is 173. The third-order valence-corrected chi connectivity index (χ3v) is 0. The van der Waals surface area contributed by atoms with E-state index in [0.29, 0.717) is 0 Å². The van der Waals surface area contributed by atoms with Gasteiger partial charge in [0, 0.05) is 0 Å². The van der Waals surface area contributed by atoms with Crippen molar-refractivity contribution in [1.82, 2.24) is 0 Å². The van der Waals surface area contributed by atoms with Crippen LogP contribution in [0.15, 0.2) is 0 Å². The molecule has 4 N–H and O–H groups in total. The molecule has 0 radical (unpaired) electrons. The van der Waals surface area contributed by atoms with E-state index in [1.165, 1.54) is 0 Å². The van der Waals surface area contributed by atoms with Crippen molar-refractivity contribution in [3.63, 3.8) is 0 Å². The van der Waals surface area contributed by atoms with Gasteiger partial charge in [-0.15, -0.1) is 0 Å². The average molecular weight is 259 g/mol. The third kappa shape index (κ3) is 77.7. The van der Waals surface area contributed by atoms with Crippen molar-refractivity contribution in [1.29, 1.82) is 0 Å². The van der Waals surface area contributed by atoms with Crippen LogP contribution in [-0.2, 0) is 4.46 Å². The van der Waals surface area contributed by atoms with Crippen LogP contribution in [0.4, 0.5) is 0 Å². The zero-order chi connectivity index (χ0) is 3.58. The summed E-state index contributed by atoms with van der Waals surface area (Å²) in [6.45, 7) is 0. The molecule has 10 heteroatoms. The van der Waals surface area contributed by atoms with Gasteiger partial charge in [-0.1, -0.05) is 0 Å². The van der Waals surface area contributed by atoms with Crippen LogP contribution >= 0.6 is 0 Å². The molecule has 50 valence electrons. The molecule has 0 spiro atoms. The monoisotopic (exact) mass is 258 g/mol. The zero-order valence-electron chi connectivity index (χ0n) is 2.30. The molecule has 0 aromatic carbocycles. The minimum atomic E-state index is -3.13. The summed E-state index contributed by atoms with van der Waals surface area (Å²) in [5.74, 6) is 0. The van der Waals surface area contributed by atoms with E-state index in [9.17, 15) is 0 Å². The Bertz CT molecular complexity index is 48.2. The fourth-order valence-electron chi connectivity index (χ4n) is 0. The van der Waals surface area contributed by atoms with Crippen LogP contribution in [0.25, 0.3) is 0 Å². The maximum absolute atomic E-state index is 8.74. The molecule has 4 nitrogen and oxygen atoms in total. The fourth-order valence-corrected chi connectivity index (χ4v) is 0. The van der Waals surface area contributed by atoms with Gasteiger partial charge in [0.1, 0.15) is 0 Å². The van der Waals surface area contributed by atoms with E-state index in [1.807, 2.05) is 0 Å². The second-order valence-electron chi connectivity index (χ2n) is 0.283. The molecule has 0 unspecified atom stereocenters. The van der Waals surface area contributed by atoms with Crippen molar-refractivity contribution in [2.75, 3.05) is 0 Å². The summed E-state index contributed by atoms with van der Waals surface area (Å²) < 4.78 is 8.74. The van der Waals surface area contributed by atoms with Crippen molar-refractivity contribution in [2.45, 2.75) is 0 Å². The molecule has 0 atom stereocenters. The molecule has 0 saturated heterocycles. The Hall–Kier alpha value is 4.77. The molecule has 0 fully saturated rings. The Balaban J connectivity index is -0.00000000300. The normalized spacial score (nSPS) is 2.40. The van der Waals surface area contributed by atoms with Crippen molar-refractivity contribution < 1.29 is 19.5 Å². The van der Waals surface area contributed by atoms with Crippen molar-refractivity contribution in [3.8, 4) is 0 Å². The predicted octanol–water partition coefficient (Wildman–Crippen LogP) is -6.75. The second-order valence-corrected chi connectivity index (χ2v) is 0.848. The summed E-state index contributed by atoms with van der Waals surface area (Å²) in [5, 5.41) is 0. The van der Waals surface area contributed by atoms with E-state index in [1.54, 1.807) is 0 Å². The van der Waals surface area contributed by atoms with E-state index in [0.717, 1.165) is 0 Å². The van der Waals surface area contributed by atoms with Gasteiger partial charge in [0.05, 0.1) is 0 Å². The van der Waals surface area contributed by atoms with Crippen LogP contribution in [0.3, 0.4) is 0 Å². The molecular weight excluding hydrogens is 246 g/mol. The van der Waals surface area contributed by atoms with Crippen molar-refractivity contribution >= 4 is 168 Å². The topological polar surface area (TPSA) is 89.0 Å². The van der Waals surface area contributed by atoms with Gasteiger partial charge in [-0.3, -0.25) is 4.46 Å². The van der Waals surface area contributed by atoms with Crippen LogP contribution < -0.4 is 0 Å². The molecule has 0 rings (SSSR count). The van der Waals surface area contributed by atoms with Gasteiger partial charge in [0.15, 0.2) is 17.4 Å². The molecular formula is H13AlCaKMgNaO4Si. The van der Waals surface area contributed by atoms with E-state index in [-0.39, 0.29) is 165 Å². The summed E-state index contributed by atoms with van der Waals surface area (Å²) in [4.78, 5) is 14.3. The Labute approximate surface area is 182 Å². The molecule has 0 aliphatic rings. The molecule has 0 amide bonds. The summed E-state index contributed by atoms with van der Waals surface area (Å²) in [5.41, 5.74) is 0. The molecule has 0 aliphatic heterocycles. The van der Waals surface area contributed by atoms with Gasteiger partial charge in [0.25, 0.3) is 0 Å². The average Bonchev–Trinajstić information content (AvgIpc) is 0.811. The first-order chi connectivity index (χ1) is 1.73. The maximum atomic E-state index is 8.74. The zero-order valence-corrected chi connectivity index (χ0v) is 3.30. The Morgan fingerprint density at radius 3 is 1.20 bits per heavy atom. The van der Waals surface area contributed by atoms with Crippen LogP contribution in [0, 0.1) is 0 Å². The third-order valence-electron chi connectivity index (χ3n) is 0. The van der Waals surface area contributed by atoms with E-state index in [4.69, 9.17) is 14.1 Å².